The van der Waals surface area contributed by atoms with Gasteiger partial charge in [-0.1, -0.05) is 19.9 Å². The lowest BCUT2D eigenvalue weighted by molar-refractivity contribution is 0.567. The Morgan fingerprint density at radius 2 is 1.90 bits per heavy atom. The first kappa shape index (κ1) is 16.4. The van der Waals surface area contributed by atoms with Crippen molar-refractivity contribution in [2.24, 2.45) is 10.9 Å². The Morgan fingerprint density at radius 3 is 2.50 bits per heavy atom. The van der Waals surface area contributed by atoms with Crippen LogP contribution in [0, 0.1) is 17.6 Å². The third kappa shape index (κ3) is 5.99. The number of hydrogen-bond donors (Lipinski definition) is 2. The zero-order chi connectivity index (χ0) is 15.0. The van der Waals surface area contributed by atoms with Gasteiger partial charge in [0.2, 0.25) is 0 Å². The van der Waals surface area contributed by atoms with Crippen molar-refractivity contribution in [1.82, 2.24) is 10.6 Å². The first-order chi connectivity index (χ1) is 9.52. The van der Waals surface area contributed by atoms with Crippen LogP contribution in [0.5, 0.6) is 0 Å². The second kappa shape index (κ2) is 8.51. The van der Waals surface area contributed by atoms with Crippen molar-refractivity contribution in [3.63, 3.8) is 0 Å². The molecule has 0 radical (unpaired) electrons. The van der Waals surface area contributed by atoms with E-state index in [1.54, 1.807) is 7.05 Å². The summed E-state index contributed by atoms with van der Waals surface area (Å²) < 4.78 is 26.2. The zero-order valence-corrected chi connectivity index (χ0v) is 12.3. The summed E-state index contributed by atoms with van der Waals surface area (Å²) in [7, 11) is 1.70. The van der Waals surface area contributed by atoms with Crippen molar-refractivity contribution >= 4 is 5.96 Å². The lowest BCUT2D eigenvalue weighted by Crippen LogP contribution is -2.39. The van der Waals surface area contributed by atoms with Crippen LogP contribution in [0.3, 0.4) is 0 Å². The minimum Gasteiger partial charge on any atom is -0.356 e. The Morgan fingerprint density at radius 1 is 1.20 bits per heavy atom. The van der Waals surface area contributed by atoms with Crippen molar-refractivity contribution in [3.05, 3.63) is 35.4 Å². The molecule has 0 bridgehead atoms. The third-order valence-corrected chi connectivity index (χ3v) is 2.94. The molecule has 1 rings (SSSR count). The van der Waals surface area contributed by atoms with E-state index in [4.69, 9.17) is 0 Å². The van der Waals surface area contributed by atoms with E-state index in [2.05, 4.69) is 29.5 Å². The van der Waals surface area contributed by atoms with Crippen LogP contribution in [-0.4, -0.2) is 26.1 Å². The molecule has 0 fully saturated rings. The maximum atomic E-state index is 13.4. The lowest BCUT2D eigenvalue weighted by atomic mass is 10.1. The van der Waals surface area contributed by atoms with Crippen LogP contribution in [0.25, 0.3) is 0 Å². The Kier molecular flexibility index (Phi) is 6.98. The van der Waals surface area contributed by atoms with Crippen molar-refractivity contribution in [2.45, 2.75) is 26.7 Å². The molecule has 0 aliphatic heterocycles. The number of guanidine groups is 1. The topological polar surface area (TPSA) is 36.4 Å². The van der Waals surface area contributed by atoms with E-state index < -0.39 is 11.6 Å². The average Bonchev–Trinajstić information content (AvgIpc) is 2.39. The first-order valence-electron chi connectivity index (χ1n) is 6.91. The number of nitrogens with zero attached hydrogens (tertiary/aromatic N) is 1. The van der Waals surface area contributed by atoms with E-state index in [0.29, 0.717) is 30.4 Å². The van der Waals surface area contributed by atoms with Crippen LogP contribution >= 0.6 is 0 Å². The van der Waals surface area contributed by atoms with Crippen molar-refractivity contribution in [3.8, 4) is 0 Å². The quantitative estimate of drug-likeness (QED) is 0.622. The van der Waals surface area contributed by atoms with E-state index >= 15 is 0 Å². The summed E-state index contributed by atoms with van der Waals surface area (Å²) in [5, 5.41) is 6.31. The summed E-state index contributed by atoms with van der Waals surface area (Å²) in [5.74, 6) is 0.280. The van der Waals surface area contributed by atoms with E-state index in [1.165, 1.54) is 12.1 Å². The largest absolute Gasteiger partial charge is 0.356 e. The molecule has 1 aromatic carbocycles. The number of aliphatic imine (C=N–C) groups is 1. The molecule has 0 aliphatic carbocycles. The summed E-state index contributed by atoms with van der Waals surface area (Å²) >= 11 is 0. The predicted octanol–water partition coefficient (Wildman–Crippen LogP) is 2.72. The van der Waals surface area contributed by atoms with Gasteiger partial charge in [0.05, 0.1) is 0 Å². The Balaban J connectivity index is 2.34. The maximum absolute atomic E-state index is 13.4. The van der Waals surface area contributed by atoms with Gasteiger partial charge in [0, 0.05) is 26.2 Å². The molecule has 112 valence electrons. The number of rotatable bonds is 6. The second-order valence-electron chi connectivity index (χ2n) is 5.09. The molecule has 0 spiro atoms. The summed E-state index contributed by atoms with van der Waals surface area (Å²) in [6.45, 7) is 5.72. The summed E-state index contributed by atoms with van der Waals surface area (Å²) in [6.07, 6.45) is 1.55. The highest BCUT2D eigenvalue weighted by Gasteiger charge is 2.04. The van der Waals surface area contributed by atoms with Gasteiger partial charge in [-0.15, -0.1) is 0 Å². The highest BCUT2D eigenvalue weighted by molar-refractivity contribution is 5.79. The summed E-state index contributed by atoms with van der Waals surface area (Å²) in [4.78, 5) is 4.09. The van der Waals surface area contributed by atoms with Crippen LogP contribution in [0.1, 0.15) is 25.8 Å². The highest BCUT2D eigenvalue weighted by Crippen LogP contribution is 2.09. The van der Waals surface area contributed by atoms with Crippen molar-refractivity contribution in [1.29, 1.82) is 0 Å². The van der Waals surface area contributed by atoms with E-state index in [-0.39, 0.29) is 0 Å². The van der Waals surface area contributed by atoms with Crippen LogP contribution < -0.4 is 10.6 Å². The molecule has 5 heteroatoms. The number of halogens is 2. The summed E-state index contributed by atoms with van der Waals surface area (Å²) in [6, 6.07) is 3.65. The molecule has 0 atom stereocenters. The standard InChI is InChI=1S/C15H23F2N3/c1-11(2)6-8-19-15(18-3)20-9-7-12-4-5-13(16)10-14(12)17/h4-5,10-11H,6-9H2,1-3H3,(H2,18,19,20). The van der Waals surface area contributed by atoms with Gasteiger partial charge < -0.3 is 10.6 Å². The predicted molar refractivity (Wildman–Crippen MR) is 78.9 cm³/mol. The molecule has 0 saturated carbocycles. The van der Waals surface area contributed by atoms with E-state index in [9.17, 15) is 8.78 Å². The number of nitrogens with one attached hydrogen (secondary N) is 2. The van der Waals surface area contributed by atoms with Crippen molar-refractivity contribution < 1.29 is 8.78 Å². The molecule has 0 saturated heterocycles. The molecule has 0 amide bonds. The first-order valence-corrected chi connectivity index (χ1v) is 6.91. The zero-order valence-electron chi connectivity index (χ0n) is 12.3. The van der Waals surface area contributed by atoms with Gasteiger partial charge in [-0.05, 0) is 30.4 Å². The van der Waals surface area contributed by atoms with Crippen LogP contribution in [-0.2, 0) is 6.42 Å². The van der Waals surface area contributed by atoms with E-state index in [0.717, 1.165) is 19.0 Å². The summed E-state index contributed by atoms with van der Waals surface area (Å²) in [5.41, 5.74) is 0.497. The smallest absolute Gasteiger partial charge is 0.190 e. The lowest BCUT2D eigenvalue weighted by Gasteiger charge is -2.13. The van der Waals surface area contributed by atoms with Crippen molar-refractivity contribution in [2.75, 3.05) is 20.1 Å². The molecule has 0 heterocycles. The van der Waals surface area contributed by atoms with E-state index in [1.807, 2.05) is 0 Å². The maximum Gasteiger partial charge on any atom is 0.190 e. The Bertz CT molecular complexity index is 445. The van der Waals surface area contributed by atoms with Gasteiger partial charge >= 0.3 is 0 Å². The number of benzene rings is 1. The van der Waals surface area contributed by atoms with Gasteiger partial charge in [0.1, 0.15) is 11.6 Å². The van der Waals surface area contributed by atoms with Crippen LogP contribution in [0.15, 0.2) is 23.2 Å². The highest BCUT2D eigenvalue weighted by atomic mass is 19.1. The molecule has 0 aromatic heterocycles. The third-order valence-electron chi connectivity index (χ3n) is 2.94. The molecular weight excluding hydrogens is 260 g/mol. The van der Waals surface area contributed by atoms with Crippen LogP contribution in [0.4, 0.5) is 8.78 Å². The molecular formula is C15H23F2N3. The Hall–Kier alpha value is -1.65. The molecule has 2 N–H and O–H groups in total. The fourth-order valence-electron chi connectivity index (χ4n) is 1.74. The molecule has 20 heavy (non-hydrogen) atoms. The molecule has 3 nitrogen and oxygen atoms in total. The second-order valence-corrected chi connectivity index (χ2v) is 5.09. The van der Waals surface area contributed by atoms with Gasteiger partial charge in [0.25, 0.3) is 0 Å². The van der Waals surface area contributed by atoms with Crippen LogP contribution in [0.2, 0.25) is 0 Å². The average molecular weight is 283 g/mol. The molecule has 0 aliphatic rings. The molecule has 0 unspecified atom stereocenters. The van der Waals surface area contributed by atoms with Gasteiger partial charge in [-0.25, -0.2) is 8.78 Å². The minimum absolute atomic E-state index is 0.483. The SMILES string of the molecule is CN=C(NCCc1ccc(F)cc1F)NCCC(C)C. The normalized spacial score (nSPS) is 11.8. The van der Waals surface area contributed by atoms with Gasteiger partial charge in [-0.2, -0.15) is 0 Å². The molecule has 1 aromatic rings. The fraction of sp³-hybridized carbons (Fsp3) is 0.533. The van der Waals surface area contributed by atoms with Gasteiger partial charge in [-0.3, -0.25) is 4.99 Å². The van der Waals surface area contributed by atoms with Gasteiger partial charge in [0.15, 0.2) is 5.96 Å². The minimum atomic E-state index is -0.551. The Labute approximate surface area is 119 Å². The number of hydrogen-bond acceptors (Lipinski definition) is 1. The monoisotopic (exact) mass is 283 g/mol. The fourth-order valence-corrected chi connectivity index (χ4v) is 1.74.